The van der Waals surface area contributed by atoms with Gasteiger partial charge in [0.1, 0.15) is 0 Å². The number of unbranched alkanes of at least 4 members (excludes halogenated alkanes) is 3. The van der Waals surface area contributed by atoms with Gasteiger partial charge in [-0.15, -0.1) is 0 Å². The van der Waals surface area contributed by atoms with Gasteiger partial charge in [0, 0.05) is 10.7 Å². The van der Waals surface area contributed by atoms with Crippen LogP contribution < -0.4 is 5.32 Å². The van der Waals surface area contributed by atoms with Gasteiger partial charge in [0.25, 0.3) is 0 Å². The lowest BCUT2D eigenvalue weighted by Crippen LogP contribution is -2.32. The van der Waals surface area contributed by atoms with Gasteiger partial charge in [-0.25, -0.2) is 9.59 Å². The van der Waals surface area contributed by atoms with Crippen molar-refractivity contribution < 1.29 is 19.1 Å². The van der Waals surface area contributed by atoms with Gasteiger partial charge in [-0.1, -0.05) is 58.2 Å². The molecule has 0 fully saturated rings. The zero-order valence-electron chi connectivity index (χ0n) is 17.3. The molecule has 1 N–H and O–H groups in total. The minimum absolute atomic E-state index is 0.188. The van der Waals surface area contributed by atoms with Gasteiger partial charge in [-0.3, -0.25) is 5.32 Å². The average Bonchev–Trinajstić information content (AvgIpc) is 2.63. The Morgan fingerprint density at radius 2 is 1.93 bits per heavy atom. The molecule has 0 aliphatic rings. The van der Waals surface area contributed by atoms with Gasteiger partial charge in [-0.2, -0.15) is 0 Å². The summed E-state index contributed by atoms with van der Waals surface area (Å²) in [5, 5.41) is 3.32. The van der Waals surface area contributed by atoms with Gasteiger partial charge in [-0.05, 0) is 55.0 Å². The average molecular weight is 410 g/mol. The highest BCUT2D eigenvalue weighted by atomic mass is 35.5. The third kappa shape index (κ3) is 8.79. The Bertz CT molecular complexity index is 673. The lowest BCUT2D eigenvalue weighted by atomic mass is 10.1. The summed E-state index contributed by atoms with van der Waals surface area (Å²) < 4.78 is 10.4. The van der Waals surface area contributed by atoms with Crippen molar-refractivity contribution in [1.29, 1.82) is 0 Å². The maximum Gasteiger partial charge on any atom is 0.412 e. The zero-order chi connectivity index (χ0) is 21.1. The van der Waals surface area contributed by atoms with Crippen LogP contribution in [0.4, 0.5) is 10.5 Å². The third-order valence-electron chi connectivity index (χ3n) is 4.04. The Morgan fingerprint density at radius 1 is 1.21 bits per heavy atom. The van der Waals surface area contributed by atoms with Crippen LogP contribution >= 0.6 is 11.6 Å². The fourth-order valence-corrected chi connectivity index (χ4v) is 2.73. The van der Waals surface area contributed by atoms with Crippen LogP contribution in [0.25, 0.3) is 0 Å². The van der Waals surface area contributed by atoms with E-state index < -0.39 is 18.2 Å². The first-order valence-corrected chi connectivity index (χ1v) is 10.2. The SMILES string of the molecule is C=C(C)C(OC(=O)Nc1ccc(Cl)c(CCCCCC)c1)C(=O)OCC(C)C. The summed E-state index contributed by atoms with van der Waals surface area (Å²) in [5.41, 5.74) is 1.94. The first kappa shape index (κ1) is 24.0. The van der Waals surface area contributed by atoms with Crippen LogP contribution in [-0.2, 0) is 20.7 Å². The van der Waals surface area contributed by atoms with E-state index in [9.17, 15) is 9.59 Å². The molecule has 0 spiro atoms. The molecule has 1 rings (SSSR count). The third-order valence-corrected chi connectivity index (χ3v) is 4.41. The Kier molecular flexibility index (Phi) is 10.7. The molecule has 1 aromatic rings. The minimum Gasteiger partial charge on any atom is -0.462 e. The maximum atomic E-state index is 12.3. The van der Waals surface area contributed by atoms with Crippen LogP contribution in [0.2, 0.25) is 5.02 Å². The number of esters is 1. The first-order valence-electron chi connectivity index (χ1n) is 9.82. The van der Waals surface area contributed by atoms with Crippen molar-refractivity contribution in [2.45, 2.75) is 65.9 Å². The van der Waals surface area contributed by atoms with Crippen molar-refractivity contribution in [3.05, 3.63) is 40.9 Å². The van der Waals surface area contributed by atoms with Crippen molar-refractivity contribution in [1.82, 2.24) is 0 Å². The fourth-order valence-electron chi connectivity index (χ4n) is 2.52. The van der Waals surface area contributed by atoms with E-state index in [1.165, 1.54) is 12.8 Å². The van der Waals surface area contributed by atoms with E-state index in [-0.39, 0.29) is 12.5 Å². The monoisotopic (exact) mass is 409 g/mol. The minimum atomic E-state index is -1.14. The lowest BCUT2D eigenvalue weighted by molar-refractivity contribution is -0.152. The number of benzene rings is 1. The molecule has 0 radical (unpaired) electrons. The van der Waals surface area contributed by atoms with Crippen LogP contribution in [0.5, 0.6) is 0 Å². The summed E-state index contributed by atoms with van der Waals surface area (Å²) in [7, 11) is 0. The Morgan fingerprint density at radius 3 is 2.54 bits per heavy atom. The van der Waals surface area contributed by atoms with E-state index in [4.69, 9.17) is 21.1 Å². The fraction of sp³-hybridized carbons (Fsp3) is 0.545. The van der Waals surface area contributed by atoms with E-state index >= 15 is 0 Å². The molecule has 5 nitrogen and oxygen atoms in total. The topological polar surface area (TPSA) is 64.6 Å². The number of carbonyl (C=O) groups is 2. The number of amides is 1. The Hall–Kier alpha value is -2.01. The van der Waals surface area contributed by atoms with Crippen LogP contribution in [-0.4, -0.2) is 24.8 Å². The molecule has 0 saturated carbocycles. The van der Waals surface area contributed by atoms with Crippen LogP contribution in [0.1, 0.15) is 58.9 Å². The highest BCUT2D eigenvalue weighted by Gasteiger charge is 2.25. The Labute approximate surface area is 173 Å². The number of aryl methyl sites for hydroxylation is 1. The number of nitrogens with one attached hydrogen (secondary N) is 1. The summed E-state index contributed by atoms with van der Waals surface area (Å²) in [6, 6.07) is 5.29. The number of hydrogen-bond donors (Lipinski definition) is 1. The molecule has 1 amide bonds. The molecule has 0 bridgehead atoms. The molecular formula is C22H32ClNO4. The van der Waals surface area contributed by atoms with Gasteiger partial charge in [0.15, 0.2) is 0 Å². The molecule has 0 aliphatic heterocycles. The Balaban J connectivity index is 2.69. The molecule has 0 aromatic heterocycles. The van der Waals surface area contributed by atoms with E-state index in [1.807, 2.05) is 19.9 Å². The number of ether oxygens (including phenoxy) is 2. The van der Waals surface area contributed by atoms with E-state index in [2.05, 4.69) is 18.8 Å². The largest absolute Gasteiger partial charge is 0.462 e. The summed E-state index contributed by atoms with van der Waals surface area (Å²) in [5.74, 6) is -0.433. The number of halogens is 1. The smallest absolute Gasteiger partial charge is 0.412 e. The highest BCUT2D eigenvalue weighted by molar-refractivity contribution is 6.31. The van der Waals surface area contributed by atoms with Gasteiger partial charge >= 0.3 is 12.1 Å². The summed E-state index contributed by atoms with van der Waals surface area (Å²) in [4.78, 5) is 24.4. The molecule has 1 aromatic carbocycles. The van der Waals surface area contributed by atoms with E-state index in [1.54, 1.807) is 19.1 Å². The predicted molar refractivity (Wildman–Crippen MR) is 114 cm³/mol. The summed E-state index contributed by atoms with van der Waals surface area (Å²) in [6.45, 7) is 11.6. The second kappa shape index (κ2) is 12.4. The molecule has 6 heteroatoms. The molecule has 0 saturated heterocycles. The number of anilines is 1. The van der Waals surface area contributed by atoms with Gasteiger partial charge in [0.05, 0.1) is 6.61 Å². The lowest BCUT2D eigenvalue weighted by Gasteiger charge is -2.18. The van der Waals surface area contributed by atoms with Crippen LogP contribution in [0.15, 0.2) is 30.4 Å². The molecule has 1 unspecified atom stereocenters. The molecule has 156 valence electrons. The van der Waals surface area contributed by atoms with Gasteiger partial charge in [0.2, 0.25) is 6.10 Å². The van der Waals surface area contributed by atoms with Crippen molar-refractivity contribution in [3.63, 3.8) is 0 Å². The zero-order valence-corrected chi connectivity index (χ0v) is 18.1. The highest BCUT2D eigenvalue weighted by Crippen LogP contribution is 2.23. The maximum absolute atomic E-state index is 12.3. The van der Waals surface area contributed by atoms with Crippen LogP contribution in [0.3, 0.4) is 0 Å². The van der Waals surface area contributed by atoms with Crippen molar-refractivity contribution in [3.8, 4) is 0 Å². The molecular weight excluding hydrogens is 378 g/mol. The van der Waals surface area contributed by atoms with Crippen molar-refractivity contribution in [2.24, 2.45) is 5.92 Å². The predicted octanol–water partition coefficient (Wildman–Crippen LogP) is 6.16. The molecule has 0 heterocycles. The quantitative estimate of drug-likeness (QED) is 0.270. The van der Waals surface area contributed by atoms with Crippen molar-refractivity contribution in [2.75, 3.05) is 11.9 Å². The summed E-state index contributed by atoms with van der Waals surface area (Å²) in [6.07, 6.45) is 3.51. The summed E-state index contributed by atoms with van der Waals surface area (Å²) >= 11 is 6.26. The second-order valence-corrected chi connectivity index (χ2v) is 7.80. The molecule has 28 heavy (non-hydrogen) atoms. The van der Waals surface area contributed by atoms with E-state index in [0.29, 0.717) is 16.3 Å². The number of carbonyl (C=O) groups excluding carboxylic acids is 2. The van der Waals surface area contributed by atoms with Crippen LogP contribution in [0, 0.1) is 5.92 Å². The van der Waals surface area contributed by atoms with E-state index in [0.717, 1.165) is 24.8 Å². The standard InChI is InChI=1S/C22H32ClNO4/c1-6-7-8-9-10-17-13-18(11-12-19(17)23)24-22(26)28-20(16(4)5)21(25)27-14-15(2)3/h11-13,15,20H,4,6-10,14H2,1-3,5H3,(H,24,26). The second-order valence-electron chi connectivity index (χ2n) is 7.40. The number of hydrogen-bond acceptors (Lipinski definition) is 4. The first-order chi connectivity index (χ1) is 13.2. The van der Waals surface area contributed by atoms with Gasteiger partial charge < -0.3 is 9.47 Å². The van der Waals surface area contributed by atoms with Crippen molar-refractivity contribution >= 4 is 29.4 Å². The molecule has 0 aliphatic carbocycles. The molecule has 1 atom stereocenters. The normalized spacial score (nSPS) is 11.8. The number of rotatable bonds is 11.